The first-order chi connectivity index (χ1) is 10.1. The van der Waals surface area contributed by atoms with Gasteiger partial charge >= 0.3 is 0 Å². The van der Waals surface area contributed by atoms with E-state index in [-0.39, 0.29) is 24.8 Å². The third-order valence-electron chi connectivity index (χ3n) is 3.91. The van der Waals surface area contributed by atoms with Crippen LogP contribution >= 0.6 is 0 Å². The van der Waals surface area contributed by atoms with Crippen molar-refractivity contribution < 1.29 is 19.6 Å². The van der Waals surface area contributed by atoms with Crippen molar-refractivity contribution in [2.45, 2.75) is 32.0 Å². The maximum atomic E-state index is 12.6. The molecule has 2 aliphatic rings. The normalized spacial score (nSPS) is 21.5. The van der Waals surface area contributed by atoms with Crippen LogP contribution in [0, 0.1) is 0 Å². The van der Waals surface area contributed by atoms with Crippen molar-refractivity contribution in [1.29, 1.82) is 0 Å². The number of hydrogen-bond donors (Lipinski definition) is 3. The number of hydroxylamine groups is 1. The summed E-state index contributed by atoms with van der Waals surface area (Å²) in [5.74, 6) is -0.954. The SMILES string of the molecule is O=C1CCC(N2Cc3cccc(CNO)c3C2=O)C(=O)N1. The molecule has 1 unspecified atom stereocenters. The van der Waals surface area contributed by atoms with Gasteiger partial charge in [-0.15, -0.1) is 0 Å². The zero-order valence-electron chi connectivity index (χ0n) is 11.3. The lowest BCUT2D eigenvalue weighted by atomic mass is 10.0. The van der Waals surface area contributed by atoms with Crippen LogP contribution < -0.4 is 10.8 Å². The van der Waals surface area contributed by atoms with Crippen LogP contribution in [0.3, 0.4) is 0 Å². The van der Waals surface area contributed by atoms with Gasteiger partial charge < -0.3 is 10.1 Å². The average Bonchev–Trinajstić information content (AvgIpc) is 2.78. The molecule has 1 aromatic carbocycles. The first-order valence-corrected chi connectivity index (χ1v) is 6.74. The fraction of sp³-hybridized carbons (Fsp3) is 0.357. The summed E-state index contributed by atoms with van der Waals surface area (Å²) in [6.45, 7) is 0.512. The van der Waals surface area contributed by atoms with Crippen molar-refractivity contribution in [2.75, 3.05) is 0 Å². The molecule has 0 aliphatic carbocycles. The standard InChI is InChI=1S/C14H15N3O4/c18-11-5-4-10(13(19)16-11)17-7-9-3-1-2-8(6-15-21)12(9)14(17)20/h1-3,10,15,21H,4-7H2,(H,16,18,19). The summed E-state index contributed by atoms with van der Waals surface area (Å²) < 4.78 is 0. The van der Waals surface area contributed by atoms with Gasteiger partial charge in [0.2, 0.25) is 11.8 Å². The number of piperidine rings is 1. The second kappa shape index (κ2) is 5.27. The predicted octanol–water partition coefficient (Wildman–Crippen LogP) is -0.0736. The molecule has 0 bridgehead atoms. The number of fused-ring (bicyclic) bond motifs is 1. The lowest BCUT2D eigenvalue weighted by Crippen LogP contribution is -2.52. The van der Waals surface area contributed by atoms with Gasteiger partial charge in [0.05, 0.1) is 0 Å². The number of nitrogens with zero attached hydrogens (tertiary/aromatic N) is 1. The van der Waals surface area contributed by atoms with E-state index in [4.69, 9.17) is 5.21 Å². The van der Waals surface area contributed by atoms with Gasteiger partial charge in [-0.25, -0.2) is 5.48 Å². The van der Waals surface area contributed by atoms with E-state index >= 15 is 0 Å². The number of rotatable bonds is 3. The van der Waals surface area contributed by atoms with Crippen LogP contribution in [-0.2, 0) is 22.7 Å². The van der Waals surface area contributed by atoms with Crippen molar-refractivity contribution in [3.8, 4) is 0 Å². The molecule has 1 fully saturated rings. The van der Waals surface area contributed by atoms with Gasteiger partial charge in [0.15, 0.2) is 0 Å². The van der Waals surface area contributed by atoms with Crippen molar-refractivity contribution in [1.82, 2.24) is 15.7 Å². The molecule has 2 aliphatic heterocycles. The van der Waals surface area contributed by atoms with Crippen LogP contribution in [0.2, 0.25) is 0 Å². The van der Waals surface area contributed by atoms with E-state index < -0.39 is 11.9 Å². The zero-order chi connectivity index (χ0) is 15.0. The minimum atomic E-state index is -0.613. The van der Waals surface area contributed by atoms with Gasteiger partial charge in [-0.3, -0.25) is 19.7 Å². The van der Waals surface area contributed by atoms with E-state index in [9.17, 15) is 14.4 Å². The molecular formula is C14H15N3O4. The quantitative estimate of drug-likeness (QED) is 0.534. The van der Waals surface area contributed by atoms with Crippen LogP contribution in [0.25, 0.3) is 0 Å². The van der Waals surface area contributed by atoms with Crippen LogP contribution in [-0.4, -0.2) is 33.9 Å². The molecule has 1 atom stereocenters. The van der Waals surface area contributed by atoms with E-state index in [0.29, 0.717) is 24.1 Å². The summed E-state index contributed by atoms with van der Waals surface area (Å²) in [7, 11) is 0. The summed E-state index contributed by atoms with van der Waals surface area (Å²) >= 11 is 0. The van der Waals surface area contributed by atoms with Gasteiger partial charge in [0.25, 0.3) is 5.91 Å². The van der Waals surface area contributed by atoms with Crippen molar-refractivity contribution >= 4 is 17.7 Å². The summed E-state index contributed by atoms with van der Waals surface area (Å²) in [4.78, 5) is 37.2. The minimum Gasteiger partial charge on any atom is -0.322 e. The first kappa shape index (κ1) is 13.7. The Kier molecular flexibility index (Phi) is 3.44. The van der Waals surface area contributed by atoms with Crippen molar-refractivity contribution in [2.24, 2.45) is 0 Å². The van der Waals surface area contributed by atoms with E-state index in [1.165, 1.54) is 4.90 Å². The van der Waals surface area contributed by atoms with Crippen LogP contribution in [0.5, 0.6) is 0 Å². The molecule has 7 nitrogen and oxygen atoms in total. The molecule has 3 rings (SSSR count). The molecule has 21 heavy (non-hydrogen) atoms. The summed E-state index contributed by atoms with van der Waals surface area (Å²) in [6.07, 6.45) is 0.583. The highest BCUT2D eigenvalue weighted by Crippen LogP contribution is 2.29. The number of benzene rings is 1. The van der Waals surface area contributed by atoms with Crippen LogP contribution in [0.1, 0.15) is 34.3 Å². The minimum absolute atomic E-state index is 0.165. The monoisotopic (exact) mass is 289 g/mol. The summed E-state index contributed by atoms with van der Waals surface area (Å²) in [5, 5.41) is 11.1. The van der Waals surface area contributed by atoms with Gasteiger partial charge in [-0.05, 0) is 17.5 Å². The fourth-order valence-electron chi connectivity index (χ4n) is 2.92. The molecular weight excluding hydrogens is 274 g/mol. The Morgan fingerprint density at radius 1 is 1.33 bits per heavy atom. The Balaban J connectivity index is 1.88. The van der Waals surface area contributed by atoms with Gasteiger partial charge in [-0.1, -0.05) is 18.2 Å². The molecule has 0 spiro atoms. The van der Waals surface area contributed by atoms with Crippen molar-refractivity contribution in [3.63, 3.8) is 0 Å². The van der Waals surface area contributed by atoms with Crippen molar-refractivity contribution in [3.05, 3.63) is 34.9 Å². The average molecular weight is 289 g/mol. The zero-order valence-corrected chi connectivity index (χ0v) is 11.3. The molecule has 1 saturated heterocycles. The molecule has 7 heteroatoms. The molecule has 0 radical (unpaired) electrons. The number of carbonyl (C=O) groups is 3. The first-order valence-electron chi connectivity index (χ1n) is 6.74. The Morgan fingerprint density at radius 3 is 2.86 bits per heavy atom. The van der Waals surface area contributed by atoms with Gasteiger partial charge in [-0.2, -0.15) is 0 Å². The second-order valence-corrected chi connectivity index (χ2v) is 5.19. The van der Waals surface area contributed by atoms with Gasteiger partial charge in [0, 0.05) is 25.1 Å². The van der Waals surface area contributed by atoms with E-state index in [2.05, 4.69) is 5.32 Å². The molecule has 3 amide bonds. The maximum Gasteiger partial charge on any atom is 0.255 e. The van der Waals surface area contributed by atoms with Crippen LogP contribution in [0.15, 0.2) is 18.2 Å². The third kappa shape index (κ3) is 2.30. The summed E-state index contributed by atoms with van der Waals surface area (Å²) in [5.41, 5.74) is 4.10. The fourth-order valence-corrected chi connectivity index (χ4v) is 2.92. The highest BCUT2D eigenvalue weighted by atomic mass is 16.5. The lowest BCUT2D eigenvalue weighted by Gasteiger charge is -2.29. The number of hydrogen-bond acceptors (Lipinski definition) is 5. The van der Waals surface area contributed by atoms with E-state index in [0.717, 1.165) is 5.56 Å². The second-order valence-electron chi connectivity index (χ2n) is 5.19. The third-order valence-corrected chi connectivity index (χ3v) is 3.91. The predicted molar refractivity (Wildman–Crippen MR) is 71.1 cm³/mol. The van der Waals surface area contributed by atoms with Crippen LogP contribution in [0.4, 0.5) is 0 Å². The van der Waals surface area contributed by atoms with E-state index in [1.54, 1.807) is 6.07 Å². The highest BCUT2D eigenvalue weighted by Gasteiger charge is 2.39. The number of carbonyl (C=O) groups excluding carboxylic acids is 3. The smallest absolute Gasteiger partial charge is 0.255 e. The van der Waals surface area contributed by atoms with Gasteiger partial charge in [0.1, 0.15) is 6.04 Å². The lowest BCUT2D eigenvalue weighted by molar-refractivity contribution is -0.136. The molecule has 3 N–H and O–H groups in total. The largest absolute Gasteiger partial charge is 0.322 e. The number of imide groups is 1. The molecule has 2 heterocycles. The molecule has 0 saturated carbocycles. The Morgan fingerprint density at radius 2 is 2.14 bits per heavy atom. The Bertz CT molecular complexity index is 629. The highest BCUT2D eigenvalue weighted by molar-refractivity contribution is 6.05. The maximum absolute atomic E-state index is 12.6. The molecule has 1 aromatic rings. The van der Waals surface area contributed by atoms with E-state index in [1.807, 2.05) is 17.6 Å². The summed E-state index contributed by atoms with van der Waals surface area (Å²) in [6, 6.07) is 4.79. The molecule has 0 aromatic heterocycles. The topological polar surface area (TPSA) is 98.7 Å². The Labute approximate surface area is 120 Å². The Hall–Kier alpha value is -2.25. The number of nitrogens with one attached hydrogen (secondary N) is 2. The number of amides is 3. The molecule has 110 valence electrons.